The molecule has 0 unspecified atom stereocenters. The Morgan fingerprint density at radius 1 is 1.28 bits per heavy atom. The van der Waals surface area contributed by atoms with Crippen LogP contribution in [0.25, 0.3) is 5.69 Å². The summed E-state index contributed by atoms with van der Waals surface area (Å²) in [4.78, 5) is 28.2. The van der Waals surface area contributed by atoms with Crippen LogP contribution in [0.15, 0.2) is 30.5 Å². The lowest BCUT2D eigenvalue weighted by Gasteiger charge is -2.23. The molecule has 3 heterocycles. The Morgan fingerprint density at radius 2 is 2.03 bits per heavy atom. The number of nitrogens with zero attached hydrogens (tertiary/aromatic N) is 5. The van der Waals surface area contributed by atoms with Crippen molar-refractivity contribution in [3.05, 3.63) is 46.6 Å². The zero-order valence-corrected chi connectivity index (χ0v) is 16.8. The number of nitrogens with two attached hydrogens (primary N) is 1. The number of Topliss-reactive ketones (excluding diaryl/α,β-unsaturated/α-hetero) is 1. The number of ether oxygens (including phenoxy) is 1. The molecule has 0 bridgehead atoms. The molecule has 29 heavy (non-hydrogen) atoms. The number of nitrogen functional groups attached to an aromatic ring is 1. The van der Waals surface area contributed by atoms with Crippen LogP contribution in [-0.2, 0) is 0 Å². The molecule has 150 valence electrons. The number of amides is 1. The molecule has 3 aromatic rings. The molecule has 10 heteroatoms. The van der Waals surface area contributed by atoms with Gasteiger partial charge in [0, 0.05) is 6.54 Å². The Hall–Kier alpha value is -3.27. The largest absolute Gasteiger partial charge is 0.497 e. The van der Waals surface area contributed by atoms with E-state index in [1.54, 1.807) is 43.2 Å². The van der Waals surface area contributed by atoms with Crippen LogP contribution in [-0.4, -0.2) is 55.7 Å². The number of benzene rings is 1. The number of carbonyl (C=O) groups is 2. The van der Waals surface area contributed by atoms with Crippen molar-refractivity contribution in [3.8, 4) is 11.4 Å². The van der Waals surface area contributed by atoms with E-state index in [4.69, 9.17) is 10.5 Å². The monoisotopic (exact) mass is 412 g/mol. The summed E-state index contributed by atoms with van der Waals surface area (Å²) in [5.41, 5.74) is 7.84. The first-order valence-corrected chi connectivity index (χ1v) is 9.90. The van der Waals surface area contributed by atoms with Crippen LogP contribution >= 0.6 is 11.5 Å². The predicted molar refractivity (Wildman–Crippen MR) is 108 cm³/mol. The molecule has 0 aliphatic carbocycles. The fourth-order valence-corrected chi connectivity index (χ4v) is 4.11. The van der Waals surface area contributed by atoms with E-state index in [9.17, 15) is 9.59 Å². The normalized spacial score (nSPS) is 16.2. The molecule has 2 aromatic heterocycles. The van der Waals surface area contributed by atoms with Crippen LogP contribution < -0.4 is 10.5 Å². The third kappa shape index (κ3) is 3.35. The standard InChI is InChI=1S/C19H20N6O3S/c1-11-17(29-23-22-11)19(27)24-9-3-4-15(24)16(26)14-10-21-25(18(14)20)12-5-7-13(28-2)8-6-12/h5-8,10,15H,3-4,9,20H2,1-2H3/t15-/m1/s1. The summed E-state index contributed by atoms with van der Waals surface area (Å²) in [6, 6.07) is 6.63. The minimum absolute atomic E-state index is 0.205. The number of hydrogen-bond donors (Lipinski definition) is 1. The Morgan fingerprint density at radius 3 is 2.69 bits per heavy atom. The van der Waals surface area contributed by atoms with Gasteiger partial charge in [-0.3, -0.25) is 9.59 Å². The number of likely N-dealkylation sites (tertiary alicyclic amines) is 1. The van der Waals surface area contributed by atoms with Crippen LogP contribution in [0.1, 0.15) is 38.6 Å². The second kappa shape index (κ2) is 7.63. The van der Waals surface area contributed by atoms with Gasteiger partial charge in [0.1, 0.15) is 16.4 Å². The van der Waals surface area contributed by atoms with Crippen LogP contribution in [0, 0.1) is 6.92 Å². The highest BCUT2D eigenvalue weighted by atomic mass is 32.1. The minimum Gasteiger partial charge on any atom is -0.497 e. The lowest BCUT2D eigenvalue weighted by atomic mass is 10.0. The van der Waals surface area contributed by atoms with Crippen molar-refractivity contribution in [1.29, 1.82) is 0 Å². The smallest absolute Gasteiger partial charge is 0.268 e. The molecular weight excluding hydrogens is 392 g/mol. The van der Waals surface area contributed by atoms with Crippen LogP contribution in [0.3, 0.4) is 0 Å². The molecule has 1 fully saturated rings. The van der Waals surface area contributed by atoms with Gasteiger partial charge in [0.15, 0.2) is 5.78 Å². The van der Waals surface area contributed by atoms with Gasteiger partial charge < -0.3 is 15.4 Å². The molecule has 1 aliphatic heterocycles. The quantitative estimate of drug-likeness (QED) is 0.638. The molecule has 1 aromatic carbocycles. The van der Waals surface area contributed by atoms with Gasteiger partial charge in [-0.05, 0) is 55.6 Å². The number of aryl methyl sites for hydroxylation is 1. The maximum atomic E-state index is 13.2. The summed E-state index contributed by atoms with van der Waals surface area (Å²) in [6.45, 7) is 2.25. The van der Waals surface area contributed by atoms with E-state index in [0.29, 0.717) is 40.5 Å². The SMILES string of the molecule is COc1ccc(-n2ncc(C(=O)[C@H]3CCCN3C(=O)c3snnc3C)c2N)cc1. The number of ketones is 1. The summed E-state index contributed by atoms with van der Waals surface area (Å²) in [5, 5.41) is 8.17. The average Bonchev–Trinajstić information content (AvgIpc) is 3.47. The van der Waals surface area contributed by atoms with Gasteiger partial charge in [0.25, 0.3) is 5.91 Å². The van der Waals surface area contributed by atoms with E-state index in [1.165, 1.54) is 10.9 Å². The lowest BCUT2D eigenvalue weighted by molar-refractivity contribution is 0.0674. The van der Waals surface area contributed by atoms with E-state index in [2.05, 4.69) is 14.7 Å². The van der Waals surface area contributed by atoms with Crippen LogP contribution in [0.5, 0.6) is 5.75 Å². The van der Waals surface area contributed by atoms with Crippen molar-refractivity contribution >= 4 is 29.0 Å². The summed E-state index contributed by atoms with van der Waals surface area (Å²) in [6.07, 6.45) is 2.80. The highest BCUT2D eigenvalue weighted by Gasteiger charge is 2.37. The number of hydrogen-bond acceptors (Lipinski definition) is 8. The summed E-state index contributed by atoms with van der Waals surface area (Å²) >= 11 is 1.05. The molecule has 4 rings (SSSR count). The van der Waals surface area contributed by atoms with Crippen LogP contribution in [0.4, 0.5) is 5.82 Å². The number of rotatable bonds is 5. The lowest BCUT2D eigenvalue weighted by Crippen LogP contribution is -2.40. The van der Waals surface area contributed by atoms with Gasteiger partial charge in [-0.15, -0.1) is 5.10 Å². The molecule has 1 amide bonds. The van der Waals surface area contributed by atoms with Crippen molar-refractivity contribution in [2.24, 2.45) is 0 Å². The molecule has 2 N–H and O–H groups in total. The maximum absolute atomic E-state index is 13.2. The molecule has 0 radical (unpaired) electrons. The van der Waals surface area contributed by atoms with Gasteiger partial charge in [-0.1, -0.05) is 4.49 Å². The molecule has 1 saturated heterocycles. The zero-order valence-electron chi connectivity index (χ0n) is 16.0. The first-order chi connectivity index (χ1) is 14.0. The Kier molecular flexibility index (Phi) is 5.01. The predicted octanol–water partition coefficient (Wildman–Crippen LogP) is 2.11. The van der Waals surface area contributed by atoms with Crippen molar-refractivity contribution < 1.29 is 14.3 Å². The summed E-state index contributed by atoms with van der Waals surface area (Å²) in [7, 11) is 1.59. The molecule has 1 aliphatic rings. The van der Waals surface area contributed by atoms with Gasteiger partial charge in [0.05, 0.1) is 36.3 Å². The van der Waals surface area contributed by atoms with E-state index < -0.39 is 6.04 Å². The second-order valence-corrected chi connectivity index (χ2v) is 7.52. The van der Waals surface area contributed by atoms with Crippen molar-refractivity contribution in [2.75, 3.05) is 19.4 Å². The fourth-order valence-electron chi connectivity index (χ4n) is 3.50. The summed E-state index contributed by atoms with van der Waals surface area (Å²) < 4.78 is 10.5. The third-order valence-corrected chi connectivity index (χ3v) is 5.87. The van der Waals surface area contributed by atoms with Gasteiger partial charge in [0.2, 0.25) is 0 Å². The van der Waals surface area contributed by atoms with Crippen molar-refractivity contribution in [2.45, 2.75) is 25.8 Å². The Bertz CT molecular complexity index is 1060. The number of aromatic nitrogens is 4. The summed E-state index contributed by atoms with van der Waals surface area (Å²) in [5.74, 6) is 0.538. The average molecular weight is 412 g/mol. The topological polar surface area (TPSA) is 116 Å². The number of carbonyl (C=O) groups excluding carboxylic acids is 2. The minimum atomic E-state index is -0.570. The number of methoxy groups -OCH3 is 1. The number of anilines is 1. The van der Waals surface area contributed by atoms with Crippen molar-refractivity contribution in [1.82, 2.24) is 24.3 Å². The fraction of sp³-hybridized carbons (Fsp3) is 0.316. The molecular formula is C19H20N6O3S. The van der Waals surface area contributed by atoms with Gasteiger partial charge in [-0.25, -0.2) is 4.68 Å². The molecule has 0 spiro atoms. The van der Waals surface area contributed by atoms with Crippen molar-refractivity contribution in [3.63, 3.8) is 0 Å². The van der Waals surface area contributed by atoms with Gasteiger partial charge >= 0.3 is 0 Å². The molecule has 0 saturated carbocycles. The van der Waals surface area contributed by atoms with E-state index in [-0.39, 0.29) is 17.5 Å². The van der Waals surface area contributed by atoms with E-state index in [0.717, 1.165) is 18.0 Å². The van der Waals surface area contributed by atoms with E-state index >= 15 is 0 Å². The molecule has 9 nitrogen and oxygen atoms in total. The Labute approximate surface area is 171 Å². The van der Waals surface area contributed by atoms with Crippen LogP contribution in [0.2, 0.25) is 0 Å². The molecule has 1 atom stereocenters. The highest BCUT2D eigenvalue weighted by Crippen LogP contribution is 2.28. The van der Waals surface area contributed by atoms with Gasteiger partial charge in [-0.2, -0.15) is 5.10 Å². The maximum Gasteiger partial charge on any atom is 0.268 e. The first kappa shape index (κ1) is 19.1. The van der Waals surface area contributed by atoms with E-state index in [1.807, 2.05) is 0 Å². The third-order valence-electron chi connectivity index (χ3n) is 5.05. The second-order valence-electron chi connectivity index (χ2n) is 6.76. The zero-order chi connectivity index (χ0) is 20.5. The Balaban J connectivity index is 1.60. The highest BCUT2D eigenvalue weighted by molar-refractivity contribution is 7.08. The first-order valence-electron chi connectivity index (χ1n) is 9.13.